The van der Waals surface area contributed by atoms with Gasteiger partial charge < -0.3 is 82.2 Å². The molecule has 6 heterocycles. The Bertz CT molecular complexity index is 2580. The predicted octanol–water partition coefficient (Wildman–Crippen LogP) is -3.26. The van der Waals surface area contributed by atoms with Gasteiger partial charge >= 0.3 is 26.9 Å². The first-order valence-corrected chi connectivity index (χ1v) is 22.2. The average molecular weight is 1010 g/mol. The first-order chi connectivity index (χ1) is 31.8. The number of hydrogen-bond acceptors (Lipinski definition) is 23. The van der Waals surface area contributed by atoms with Crippen molar-refractivity contribution >= 4 is 27.2 Å². The van der Waals surface area contributed by atoms with Gasteiger partial charge in [0.25, 0.3) is 0 Å². The van der Waals surface area contributed by atoms with E-state index in [1.807, 2.05) is 0 Å². The van der Waals surface area contributed by atoms with Crippen LogP contribution in [0, 0.1) is 26.7 Å². The fraction of sp³-hybridized carbons (Fsp3) is 0.459. The van der Waals surface area contributed by atoms with Crippen molar-refractivity contribution < 1.29 is 84.6 Å². The van der Waals surface area contributed by atoms with Crippen LogP contribution < -0.4 is 33.7 Å². The molecule has 9 unspecified atom stereocenters. The molecule has 0 spiro atoms. The van der Waals surface area contributed by atoms with Crippen molar-refractivity contribution in [3.8, 4) is 24.3 Å². The summed E-state index contributed by atoms with van der Waals surface area (Å²) in [5.41, 5.74) is 16.9. The number of nitrogens with two attached hydrogens (primary N) is 3. The second-order valence-corrected chi connectivity index (χ2v) is 16.9. The number of ether oxygens (including phenoxy) is 2. The summed E-state index contributed by atoms with van der Waals surface area (Å²) in [7, 11) is -9.21. The molecule has 4 aromatic rings. The lowest BCUT2D eigenvalue weighted by Crippen LogP contribution is -2.36. The van der Waals surface area contributed by atoms with Gasteiger partial charge in [-0.3, -0.25) is 28.1 Å². The van der Waals surface area contributed by atoms with E-state index in [2.05, 4.69) is 36.0 Å². The molecule has 0 saturated carbocycles. The van der Waals surface area contributed by atoms with Gasteiger partial charge in [0.1, 0.15) is 61.1 Å². The van der Waals surface area contributed by atoms with E-state index in [4.69, 9.17) is 47.5 Å². The van der Waals surface area contributed by atoms with Gasteiger partial charge in [-0.1, -0.05) is 7.43 Å². The monoisotopic (exact) mass is 1010 g/mol. The third-order valence-electron chi connectivity index (χ3n) is 9.61. The Hall–Kier alpha value is -5.32. The molecule has 6 rings (SSSR count). The molecular weight excluding hydrogens is 950 g/mol. The van der Waals surface area contributed by atoms with E-state index in [1.165, 1.54) is 50.2 Å². The standard InChI is InChI=1S/C17H24N5O9P.C9H14N3O8P.C8H12N2O2.C2H2.CH4/c1-8-13(24)10(9(6-23)4-19-8)5-20-32(28,29)30-7-11-14(25)15(26)16(31-11)22-3-2-12(18)21-17(22)27;10-5-1-2-12(9(15)11-5)8-7(14)6(13)4(20-8)3-19-21(16,17)18;1-5-8(12)7(2-9)6(4-11)3-10-5;1-2;/h2-4,11,14-16,23-26H,5-7H2,1H3,(H2,18,21,27)(H2,20,28,29);1-2,4,6-8,13-14H,3H2,(H2,10,11,15)(H2,16,17,18);3,11-12H,2,4,9H2,1H3;1-2H;1H4/i;;;1D;. The number of aromatic hydroxyl groups is 2. The molecule has 2 aliphatic heterocycles. The van der Waals surface area contributed by atoms with Crippen LogP contribution in [0.25, 0.3) is 0 Å². The van der Waals surface area contributed by atoms with Gasteiger partial charge in [0, 0.05) is 60.1 Å². The van der Waals surface area contributed by atoms with Crippen molar-refractivity contribution in [2.24, 2.45) is 5.73 Å². The van der Waals surface area contributed by atoms with Crippen molar-refractivity contribution in [3.63, 3.8) is 0 Å². The van der Waals surface area contributed by atoms with Gasteiger partial charge in [0.05, 0.1) is 37.8 Å². The van der Waals surface area contributed by atoms with Gasteiger partial charge in [0.15, 0.2) is 12.5 Å². The number of anilines is 2. The number of phosphoric acid groups is 1. The maximum Gasteiger partial charge on any atom is 0.469 e. The number of nitrogens with one attached hydrogen (secondary N) is 1. The van der Waals surface area contributed by atoms with Crippen LogP contribution in [0.1, 0.15) is 54.9 Å². The Morgan fingerprint density at radius 2 is 1.18 bits per heavy atom. The molecule has 2 aliphatic rings. The molecule has 4 aromatic heterocycles. The molecule has 0 aromatic carbocycles. The van der Waals surface area contributed by atoms with Gasteiger partial charge in [-0.2, -0.15) is 9.97 Å². The predicted molar refractivity (Wildman–Crippen MR) is 236 cm³/mol. The van der Waals surface area contributed by atoms with E-state index >= 15 is 0 Å². The highest BCUT2D eigenvalue weighted by Crippen LogP contribution is 2.41. The average Bonchev–Trinajstić information content (AvgIpc) is 3.72. The van der Waals surface area contributed by atoms with Crippen molar-refractivity contribution in [3.05, 3.63) is 91.5 Å². The number of aliphatic hydroxyl groups excluding tert-OH is 6. The zero-order chi connectivity index (χ0) is 51.3. The lowest BCUT2D eigenvalue weighted by Gasteiger charge is -2.19. The third kappa shape index (κ3) is 15.3. The summed E-state index contributed by atoms with van der Waals surface area (Å²) >= 11 is 0. The summed E-state index contributed by atoms with van der Waals surface area (Å²) in [5, 5.41) is 80.1. The number of rotatable bonds is 14. The van der Waals surface area contributed by atoms with Gasteiger partial charge in [-0.05, 0) is 26.0 Å². The number of terminal acetylenes is 1. The summed E-state index contributed by atoms with van der Waals surface area (Å²) in [6, 6.07) is 2.60. The molecule has 31 heteroatoms. The van der Waals surface area contributed by atoms with Crippen molar-refractivity contribution in [2.75, 3.05) is 24.7 Å². The van der Waals surface area contributed by atoms with Crippen LogP contribution in [0.5, 0.6) is 11.5 Å². The van der Waals surface area contributed by atoms with Crippen molar-refractivity contribution in [1.29, 1.82) is 0 Å². The highest BCUT2D eigenvalue weighted by molar-refractivity contribution is 7.50. The lowest BCUT2D eigenvalue weighted by atomic mass is 10.1. The largest absolute Gasteiger partial charge is 0.506 e. The van der Waals surface area contributed by atoms with E-state index in [9.17, 15) is 59.4 Å². The number of aromatic nitrogens is 6. The highest BCUT2D eigenvalue weighted by atomic mass is 31.2. The zero-order valence-corrected chi connectivity index (χ0v) is 37.2. The molecule has 18 N–H and O–H groups in total. The van der Waals surface area contributed by atoms with Crippen LogP contribution in [0.15, 0.2) is 46.5 Å². The molecule has 9 atom stereocenters. The molecular formula is C37H56N10O19P2. The number of phosphoric ester groups is 1. The zero-order valence-electron chi connectivity index (χ0n) is 36.4. The molecule has 0 aliphatic carbocycles. The van der Waals surface area contributed by atoms with Crippen LogP contribution in [0.4, 0.5) is 11.6 Å². The number of aryl methyl sites for hydroxylation is 2. The summed E-state index contributed by atoms with van der Waals surface area (Å²) in [4.78, 5) is 65.6. The number of nitrogens with zero attached hydrogens (tertiary/aromatic N) is 6. The number of pyridine rings is 2. The smallest absolute Gasteiger partial charge is 0.469 e. The maximum atomic E-state index is 12.4. The van der Waals surface area contributed by atoms with E-state index in [-0.39, 0.29) is 67.1 Å². The van der Waals surface area contributed by atoms with Crippen LogP contribution in [-0.2, 0) is 54.0 Å². The molecule has 378 valence electrons. The summed E-state index contributed by atoms with van der Waals surface area (Å²) in [6.45, 7) is 1.24. The minimum Gasteiger partial charge on any atom is -0.506 e. The normalized spacial score (nSPS) is 22.9. The second-order valence-electron chi connectivity index (χ2n) is 14.0. The Morgan fingerprint density at radius 3 is 1.56 bits per heavy atom. The van der Waals surface area contributed by atoms with Crippen LogP contribution in [-0.4, -0.2) is 134 Å². The first-order valence-electron chi connectivity index (χ1n) is 19.6. The molecule has 29 nitrogen and oxygen atoms in total. The van der Waals surface area contributed by atoms with E-state index in [1.54, 1.807) is 6.92 Å². The second kappa shape index (κ2) is 25.9. The Morgan fingerprint density at radius 1 is 0.779 bits per heavy atom. The van der Waals surface area contributed by atoms with Gasteiger partial charge in [0.2, 0.25) is 0 Å². The maximum absolute atomic E-state index is 12.4. The fourth-order valence-electron chi connectivity index (χ4n) is 6.07. The van der Waals surface area contributed by atoms with Crippen LogP contribution in [0.3, 0.4) is 0 Å². The number of aliphatic hydroxyl groups is 6. The Balaban J connectivity index is 0.000000378. The summed E-state index contributed by atoms with van der Waals surface area (Å²) in [5.74, 6) is -0.215. The van der Waals surface area contributed by atoms with Gasteiger partial charge in [-0.25, -0.2) is 23.8 Å². The van der Waals surface area contributed by atoms with Crippen molar-refractivity contribution in [1.82, 2.24) is 34.2 Å². The molecule has 2 fully saturated rings. The Kier molecular flexibility index (Phi) is 21.7. The van der Waals surface area contributed by atoms with Crippen LogP contribution in [0.2, 0.25) is 0 Å². The third-order valence-corrected chi connectivity index (χ3v) is 11.1. The van der Waals surface area contributed by atoms with E-state index < -0.39 is 95.8 Å². The quantitative estimate of drug-likeness (QED) is 0.0435. The number of nitrogen functional groups attached to an aromatic ring is 2. The molecule has 0 bridgehead atoms. The molecule has 0 radical (unpaired) electrons. The van der Waals surface area contributed by atoms with E-state index in [0.717, 1.165) is 9.13 Å². The topological polar surface area (TPSA) is 479 Å². The van der Waals surface area contributed by atoms with Crippen molar-refractivity contribution in [2.45, 2.75) is 96.7 Å². The highest BCUT2D eigenvalue weighted by Gasteiger charge is 2.46. The minimum atomic E-state index is -4.74. The SMILES string of the molecule is C.Cc1ncc(CO)c(CN)c1O.Cc1ncc(CO)c(CNP(=O)(O)OCC2OC(n3ccc(N)nc3=O)C(O)C2O)c1O.Nc1ccn(C2OC(COP(=O)(O)O)C(O)C2O)c(=O)n1.[2H]C#C. The first kappa shape index (κ1) is 57.0. The summed E-state index contributed by atoms with van der Waals surface area (Å²) in [6.07, 6.45) is -0.0474. The van der Waals surface area contributed by atoms with E-state index in [0.29, 0.717) is 16.8 Å². The minimum absolute atomic E-state index is 0. The fourth-order valence-corrected chi connectivity index (χ4v) is 7.21. The summed E-state index contributed by atoms with van der Waals surface area (Å²) < 4.78 is 50.3. The molecule has 68 heavy (non-hydrogen) atoms. The van der Waals surface area contributed by atoms with Gasteiger partial charge in [-0.15, -0.1) is 12.8 Å². The van der Waals surface area contributed by atoms with Crippen LogP contribution >= 0.6 is 15.6 Å². The lowest BCUT2D eigenvalue weighted by molar-refractivity contribution is -0.0542. The molecule has 0 amide bonds. The number of hydrogen-bond donors (Lipinski definition) is 15. The Labute approximate surface area is 388 Å². The molecule has 2 saturated heterocycles.